The molecular weight excluding hydrogens is 454 g/mol. The van der Waals surface area contributed by atoms with Gasteiger partial charge < -0.3 is 15.4 Å². The number of carbonyl (C=O) groups excluding carboxylic acids is 2. The van der Waals surface area contributed by atoms with Gasteiger partial charge in [0.1, 0.15) is 6.04 Å². The monoisotopic (exact) mass is 479 g/mol. The SMILES string of the molecule is C[C@@H](C(=O)Nc1ccccc1C(=O)NC[C@H]1CCCO1)N1c2cccc3cccc(c23)S1(=O)=O. The first kappa shape index (κ1) is 22.4. The van der Waals surface area contributed by atoms with Gasteiger partial charge in [0.05, 0.1) is 27.9 Å². The highest BCUT2D eigenvalue weighted by Crippen LogP contribution is 2.43. The molecule has 0 aliphatic carbocycles. The van der Waals surface area contributed by atoms with Crippen molar-refractivity contribution in [3.8, 4) is 0 Å². The lowest BCUT2D eigenvalue weighted by atomic mass is 10.1. The van der Waals surface area contributed by atoms with Gasteiger partial charge in [-0.05, 0) is 49.4 Å². The molecule has 0 bridgehead atoms. The molecule has 1 fully saturated rings. The summed E-state index contributed by atoms with van der Waals surface area (Å²) in [4.78, 5) is 26.2. The highest BCUT2D eigenvalue weighted by atomic mass is 32.2. The van der Waals surface area contributed by atoms with Crippen LogP contribution in [-0.4, -0.2) is 45.5 Å². The third kappa shape index (κ3) is 3.80. The van der Waals surface area contributed by atoms with E-state index >= 15 is 0 Å². The highest BCUT2D eigenvalue weighted by Gasteiger charge is 2.41. The van der Waals surface area contributed by atoms with Gasteiger partial charge >= 0.3 is 0 Å². The van der Waals surface area contributed by atoms with E-state index in [0.717, 1.165) is 22.5 Å². The average Bonchev–Trinajstić information content (AvgIpc) is 3.43. The number of anilines is 2. The van der Waals surface area contributed by atoms with E-state index in [1.165, 1.54) is 6.92 Å². The van der Waals surface area contributed by atoms with Crippen LogP contribution >= 0.6 is 0 Å². The van der Waals surface area contributed by atoms with Crippen molar-refractivity contribution in [1.29, 1.82) is 0 Å². The summed E-state index contributed by atoms with van der Waals surface area (Å²) in [7, 11) is -3.90. The molecule has 176 valence electrons. The topological polar surface area (TPSA) is 105 Å². The van der Waals surface area contributed by atoms with Gasteiger partial charge in [-0.1, -0.05) is 36.4 Å². The molecule has 2 atom stereocenters. The summed E-state index contributed by atoms with van der Waals surface area (Å²) in [5.74, 6) is -0.863. The average molecular weight is 480 g/mol. The van der Waals surface area contributed by atoms with Gasteiger partial charge in [-0.15, -0.1) is 0 Å². The maximum absolute atomic E-state index is 13.3. The van der Waals surface area contributed by atoms with Crippen LogP contribution in [0.2, 0.25) is 0 Å². The number of carbonyl (C=O) groups is 2. The molecular formula is C25H25N3O5S. The normalized spacial score (nSPS) is 19.2. The molecule has 9 heteroatoms. The van der Waals surface area contributed by atoms with E-state index in [-0.39, 0.29) is 16.9 Å². The molecule has 0 aromatic heterocycles. The lowest BCUT2D eigenvalue weighted by Gasteiger charge is -2.25. The van der Waals surface area contributed by atoms with Crippen molar-refractivity contribution in [1.82, 2.24) is 5.32 Å². The Hall–Kier alpha value is -3.43. The summed E-state index contributed by atoms with van der Waals surface area (Å²) in [6.45, 7) is 2.63. The zero-order chi connectivity index (χ0) is 23.9. The third-order valence-electron chi connectivity index (χ3n) is 6.29. The summed E-state index contributed by atoms with van der Waals surface area (Å²) in [6.07, 6.45) is 1.87. The van der Waals surface area contributed by atoms with Gasteiger partial charge in [-0.25, -0.2) is 8.42 Å². The highest BCUT2D eigenvalue weighted by molar-refractivity contribution is 7.93. The zero-order valence-electron chi connectivity index (χ0n) is 18.7. The predicted octanol–water partition coefficient (Wildman–Crippen LogP) is 3.28. The van der Waals surface area contributed by atoms with Crippen molar-refractivity contribution in [2.75, 3.05) is 22.8 Å². The molecule has 0 saturated carbocycles. The van der Waals surface area contributed by atoms with Crippen molar-refractivity contribution in [3.05, 3.63) is 66.2 Å². The van der Waals surface area contributed by atoms with Crippen LogP contribution in [0.1, 0.15) is 30.1 Å². The molecule has 2 aliphatic heterocycles. The molecule has 2 amide bonds. The Morgan fingerprint density at radius 2 is 1.85 bits per heavy atom. The summed E-state index contributed by atoms with van der Waals surface area (Å²) >= 11 is 0. The smallest absolute Gasteiger partial charge is 0.265 e. The van der Waals surface area contributed by atoms with Crippen molar-refractivity contribution in [2.24, 2.45) is 0 Å². The molecule has 0 spiro atoms. The second kappa shape index (κ2) is 8.73. The minimum absolute atomic E-state index is 0.00422. The first-order valence-corrected chi connectivity index (χ1v) is 12.7. The number of sulfonamides is 1. The van der Waals surface area contributed by atoms with Crippen molar-refractivity contribution >= 4 is 44.0 Å². The fourth-order valence-electron chi connectivity index (χ4n) is 4.58. The Balaban J connectivity index is 1.38. The van der Waals surface area contributed by atoms with Gasteiger partial charge in [-0.2, -0.15) is 0 Å². The third-order valence-corrected chi connectivity index (χ3v) is 8.22. The fraction of sp³-hybridized carbons (Fsp3) is 0.280. The van der Waals surface area contributed by atoms with Crippen LogP contribution in [0, 0.1) is 0 Å². The Bertz CT molecular complexity index is 1380. The van der Waals surface area contributed by atoms with Crippen molar-refractivity contribution in [2.45, 2.75) is 36.8 Å². The number of hydrogen-bond acceptors (Lipinski definition) is 5. The van der Waals surface area contributed by atoms with Crippen LogP contribution in [0.3, 0.4) is 0 Å². The second-order valence-corrected chi connectivity index (χ2v) is 10.3. The predicted molar refractivity (Wildman–Crippen MR) is 129 cm³/mol. The molecule has 2 N–H and O–H groups in total. The first-order valence-electron chi connectivity index (χ1n) is 11.2. The second-order valence-electron chi connectivity index (χ2n) is 8.49. The van der Waals surface area contributed by atoms with Crippen LogP contribution < -0.4 is 14.9 Å². The van der Waals surface area contributed by atoms with Crippen molar-refractivity contribution < 1.29 is 22.7 Å². The Kier molecular flexibility index (Phi) is 5.75. The number of ether oxygens (including phenoxy) is 1. The largest absolute Gasteiger partial charge is 0.376 e. The number of nitrogens with one attached hydrogen (secondary N) is 2. The first-order chi connectivity index (χ1) is 16.4. The molecule has 2 heterocycles. The molecule has 1 saturated heterocycles. The molecule has 3 aromatic carbocycles. The number of nitrogens with zero attached hydrogens (tertiary/aromatic N) is 1. The summed E-state index contributed by atoms with van der Waals surface area (Å²) in [6, 6.07) is 16.0. The standard InChI is InChI=1S/C25H25N3O5S/c1-16(28-21-12-4-7-17-8-5-13-22(23(17)21)34(28,31)32)24(29)27-20-11-3-2-10-19(20)25(30)26-15-18-9-6-14-33-18/h2-5,7-8,10-13,16,18H,6,9,14-15H2,1H3,(H,26,30)(H,27,29)/t16-,18+/m0/s1. The van der Waals surface area contributed by atoms with Crippen molar-refractivity contribution in [3.63, 3.8) is 0 Å². The number of hydrogen-bond donors (Lipinski definition) is 2. The minimum atomic E-state index is -3.90. The van der Waals surface area contributed by atoms with Crippen LogP contribution in [-0.2, 0) is 19.6 Å². The van der Waals surface area contributed by atoms with Crippen LogP contribution in [0.15, 0.2) is 65.6 Å². The summed E-state index contributed by atoms with van der Waals surface area (Å²) in [5, 5.41) is 7.01. The maximum Gasteiger partial charge on any atom is 0.265 e. The molecule has 8 nitrogen and oxygen atoms in total. The van der Waals surface area contributed by atoms with Gasteiger partial charge in [0.2, 0.25) is 5.91 Å². The van der Waals surface area contributed by atoms with E-state index in [1.54, 1.807) is 48.5 Å². The van der Waals surface area contributed by atoms with E-state index in [4.69, 9.17) is 4.74 Å². The summed E-state index contributed by atoms with van der Waals surface area (Å²) in [5.41, 5.74) is 1.09. The number of benzene rings is 3. The molecule has 2 aliphatic rings. The fourth-order valence-corrected chi connectivity index (χ4v) is 6.45. The lowest BCUT2D eigenvalue weighted by molar-refractivity contribution is -0.116. The zero-order valence-corrected chi connectivity index (χ0v) is 19.5. The molecule has 0 unspecified atom stereocenters. The number of rotatable bonds is 6. The van der Waals surface area contributed by atoms with Crippen LogP contribution in [0.25, 0.3) is 10.8 Å². The van der Waals surface area contributed by atoms with Gasteiger partial charge in [-0.3, -0.25) is 13.9 Å². The number of para-hydroxylation sites is 1. The van der Waals surface area contributed by atoms with Gasteiger partial charge in [0.15, 0.2) is 0 Å². The Labute approximate surface area is 197 Å². The summed E-state index contributed by atoms with van der Waals surface area (Å²) < 4.78 is 33.3. The van der Waals surface area contributed by atoms with Crippen LogP contribution in [0.4, 0.5) is 11.4 Å². The van der Waals surface area contributed by atoms with Gasteiger partial charge in [0.25, 0.3) is 15.9 Å². The van der Waals surface area contributed by atoms with E-state index in [0.29, 0.717) is 35.5 Å². The maximum atomic E-state index is 13.3. The molecule has 34 heavy (non-hydrogen) atoms. The quantitative estimate of drug-likeness (QED) is 0.565. The van der Waals surface area contributed by atoms with E-state index in [2.05, 4.69) is 10.6 Å². The lowest BCUT2D eigenvalue weighted by Crippen LogP contribution is -2.44. The number of amides is 2. The Morgan fingerprint density at radius 3 is 2.62 bits per heavy atom. The molecule has 5 rings (SSSR count). The van der Waals surface area contributed by atoms with Gasteiger partial charge in [0, 0.05) is 18.5 Å². The Morgan fingerprint density at radius 1 is 1.09 bits per heavy atom. The molecule has 3 aromatic rings. The minimum Gasteiger partial charge on any atom is -0.376 e. The molecule has 0 radical (unpaired) electrons. The van der Waals surface area contributed by atoms with E-state index < -0.39 is 22.0 Å². The van der Waals surface area contributed by atoms with E-state index in [9.17, 15) is 18.0 Å². The van der Waals surface area contributed by atoms with E-state index in [1.807, 2.05) is 12.1 Å². The van der Waals surface area contributed by atoms with Crippen LogP contribution in [0.5, 0.6) is 0 Å².